The maximum Gasteiger partial charge on any atom is 0.213 e. The molecule has 0 aromatic carbocycles. The van der Waals surface area contributed by atoms with Gasteiger partial charge in [-0.25, -0.2) is 9.98 Å². The number of hydrogen-bond acceptors (Lipinski definition) is 3. The minimum atomic E-state index is 0.460. The first-order valence-corrected chi connectivity index (χ1v) is 5.80. The molecule has 0 radical (unpaired) electrons. The van der Waals surface area contributed by atoms with Gasteiger partial charge in [-0.3, -0.25) is 0 Å². The Kier molecular flexibility index (Phi) is 5.85. The molecule has 94 valence electrons. The molecule has 5 nitrogen and oxygen atoms in total. The van der Waals surface area contributed by atoms with E-state index in [2.05, 4.69) is 22.2 Å². The van der Waals surface area contributed by atoms with Crippen LogP contribution in [0.3, 0.4) is 0 Å². The van der Waals surface area contributed by atoms with Gasteiger partial charge >= 0.3 is 0 Å². The Balaban J connectivity index is 2.44. The predicted octanol–water partition coefficient (Wildman–Crippen LogP) is 1.29. The molecule has 3 N–H and O–H groups in total. The lowest BCUT2D eigenvalue weighted by Crippen LogP contribution is -2.32. The summed E-state index contributed by atoms with van der Waals surface area (Å²) >= 11 is 0. The van der Waals surface area contributed by atoms with Gasteiger partial charge in [0.25, 0.3) is 0 Å². The summed E-state index contributed by atoms with van der Waals surface area (Å²) in [5, 5.41) is 3.05. The fraction of sp³-hybridized carbons (Fsp3) is 0.500. The molecule has 17 heavy (non-hydrogen) atoms. The molecule has 0 amide bonds. The highest BCUT2D eigenvalue weighted by Crippen LogP contribution is 2.07. The van der Waals surface area contributed by atoms with Crippen molar-refractivity contribution in [2.45, 2.75) is 26.3 Å². The second-order valence-electron chi connectivity index (χ2n) is 3.65. The lowest BCUT2D eigenvalue weighted by atomic mass is 10.3. The van der Waals surface area contributed by atoms with Crippen molar-refractivity contribution >= 4 is 5.96 Å². The van der Waals surface area contributed by atoms with E-state index in [-0.39, 0.29) is 0 Å². The largest absolute Gasteiger partial charge is 0.481 e. The predicted molar refractivity (Wildman–Crippen MR) is 69.0 cm³/mol. The smallest absolute Gasteiger partial charge is 0.213 e. The quantitative estimate of drug-likeness (QED) is 0.443. The molecule has 1 heterocycles. The number of hydrogen-bond donors (Lipinski definition) is 2. The van der Waals surface area contributed by atoms with Crippen LogP contribution in [0.4, 0.5) is 0 Å². The molecule has 0 saturated carbocycles. The highest BCUT2D eigenvalue weighted by molar-refractivity contribution is 5.77. The Morgan fingerprint density at radius 1 is 1.53 bits per heavy atom. The maximum absolute atomic E-state index is 5.71. The van der Waals surface area contributed by atoms with Crippen molar-refractivity contribution in [1.82, 2.24) is 10.3 Å². The summed E-state index contributed by atoms with van der Waals surface area (Å²) in [6.07, 6.45) is 2.23. The van der Waals surface area contributed by atoms with Gasteiger partial charge in [0.05, 0.1) is 19.3 Å². The molecular formula is C12H20N4O. The number of unbranched alkanes of at least 4 members (excludes halogenated alkanes) is 1. The summed E-state index contributed by atoms with van der Waals surface area (Å²) in [6.45, 7) is 3.45. The molecule has 0 bridgehead atoms. The number of aliphatic imine (C=N–C) groups is 1. The Morgan fingerprint density at radius 2 is 2.35 bits per heavy atom. The summed E-state index contributed by atoms with van der Waals surface area (Å²) in [4.78, 5) is 8.45. The lowest BCUT2D eigenvalue weighted by molar-refractivity contribution is 0.396. The van der Waals surface area contributed by atoms with Crippen LogP contribution in [-0.4, -0.2) is 24.6 Å². The number of guanidine groups is 1. The zero-order valence-corrected chi connectivity index (χ0v) is 10.4. The van der Waals surface area contributed by atoms with Crippen LogP contribution in [-0.2, 0) is 6.54 Å². The lowest BCUT2D eigenvalue weighted by Gasteiger charge is -2.04. The van der Waals surface area contributed by atoms with Gasteiger partial charge in [0.1, 0.15) is 0 Å². The normalized spacial score (nSPS) is 11.3. The van der Waals surface area contributed by atoms with Crippen LogP contribution < -0.4 is 15.8 Å². The van der Waals surface area contributed by atoms with E-state index in [4.69, 9.17) is 10.5 Å². The molecule has 1 rings (SSSR count). The molecule has 0 saturated heterocycles. The molecule has 0 unspecified atom stereocenters. The molecule has 1 aromatic rings. The SMILES string of the molecule is CCCCNC(N)=NCc1cccc(OC)n1. The van der Waals surface area contributed by atoms with Gasteiger partial charge in [0.2, 0.25) is 5.88 Å². The van der Waals surface area contributed by atoms with Crippen molar-refractivity contribution in [3.63, 3.8) is 0 Å². The average molecular weight is 236 g/mol. The zero-order valence-electron chi connectivity index (χ0n) is 10.4. The summed E-state index contributed by atoms with van der Waals surface area (Å²) in [5.74, 6) is 1.05. The van der Waals surface area contributed by atoms with E-state index in [1.165, 1.54) is 0 Å². The van der Waals surface area contributed by atoms with E-state index in [1.807, 2.05) is 12.1 Å². The highest BCUT2D eigenvalue weighted by atomic mass is 16.5. The molecule has 0 aliphatic rings. The summed E-state index contributed by atoms with van der Waals surface area (Å²) in [5.41, 5.74) is 6.55. The van der Waals surface area contributed by atoms with Crippen molar-refractivity contribution < 1.29 is 4.74 Å². The monoisotopic (exact) mass is 236 g/mol. The topological polar surface area (TPSA) is 72.5 Å². The summed E-state index contributed by atoms with van der Waals surface area (Å²) in [7, 11) is 1.59. The number of nitrogens with zero attached hydrogens (tertiary/aromatic N) is 2. The average Bonchev–Trinajstić information content (AvgIpc) is 2.37. The van der Waals surface area contributed by atoms with Crippen molar-refractivity contribution in [2.75, 3.05) is 13.7 Å². The fourth-order valence-corrected chi connectivity index (χ4v) is 1.27. The van der Waals surface area contributed by atoms with E-state index in [9.17, 15) is 0 Å². The maximum atomic E-state index is 5.71. The minimum absolute atomic E-state index is 0.460. The van der Waals surface area contributed by atoms with Crippen LogP contribution in [0.1, 0.15) is 25.5 Å². The Morgan fingerprint density at radius 3 is 3.06 bits per heavy atom. The van der Waals surface area contributed by atoms with Crippen LogP contribution in [0.5, 0.6) is 5.88 Å². The molecular weight excluding hydrogens is 216 g/mol. The van der Waals surface area contributed by atoms with Crippen molar-refractivity contribution in [1.29, 1.82) is 0 Å². The van der Waals surface area contributed by atoms with Crippen LogP contribution in [0.2, 0.25) is 0 Å². The number of ether oxygens (including phenoxy) is 1. The van der Waals surface area contributed by atoms with Gasteiger partial charge in [0.15, 0.2) is 5.96 Å². The highest BCUT2D eigenvalue weighted by Gasteiger charge is 1.97. The number of rotatable bonds is 6. The molecule has 5 heteroatoms. The van der Waals surface area contributed by atoms with Crippen molar-refractivity contribution in [3.05, 3.63) is 23.9 Å². The third-order valence-electron chi connectivity index (χ3n) is 2.24. The molecule has 0 fully saturated rings. The van der Waals surface area contributed by atoms with E-state index in [0.29, 0.717) is 18.4 Å². The number of pyridine rings is 1. The van der Waals surface area contributed by atoms with Crippen LogP contribution in [0.15, 0.2) is 23.2 Å². The summed E-state index contributed by atoms with van der Waals surface area (Å²) in [6, 6.07) is 5.58. The first-order chi connectivity index (χ1) is 8.26. The Bertz CT molecular complexity index is 365. The first kappa shape index (κ1) is 13.3. The summed E-state index contributed by atoms with van der Waals surface area (Å²) < 4.78 is 5.03. The second kappa shape index (κ2) is 7.49. The number of methoxy groups -OCH3 is 1. The van der Waals surface area contributed by atoms with E-state index < -0.39 is 0 Å². The molecule has 0 atom stereocenters. The van der Waals surface area contributed by atoms with E-state index in [1.54, 1.807) is 13.2 Å². The molecule has 0 spiro atoms. The standard InChI is InChI=1S/C12H20N4O/c1-3-4-8-14-12(13)15-9-10-6-5-7-11(16-10)17-2/h5-7H,3-4,8-9H2,1-2H3,(H3,13,14,15). The number of nitrogens with one attached hydrogen (secondary N) is 1. The van der Waals surface area contributed by atoms with Gasteiger partial charge in [-0.1, -0.05) is 19.4 Å². The molecule has 0 aliphatic carbocycles. The van der Waals surface area contributed by atoms with Gasteiger partial charge in [-0.15, -0.1) is 0 Å². The second-order valence-corrected chi connectivity index (χ2v) is 3.65. The Labute approximate surface area is 102 Å². The van der Waals surface area contributed by atoms with Crippen LogP contribution in [0, 0.1) is 0 Å². The van der Waals surface area contributed by atoms with Gasteiger partial charge < -0.3 is 15.8 Å². The fourth-order valence-electron chi connectivity index (χ4n) is 1.27. The molecule has 0 aliphatic heterocycles. The van der Waals surface area contributed by atoms with Crippen LogP contribution in [0.25, 0.3) is 0 Å². The Hall–Kier alpha value is -1.78. The van der Waals surface area contributed by atoms with Gasteiger partial charge in [-0.05, 0) is 12.5 Å². The third-order valence-corrected chi connectivity index (χ3v) is 2.24. The first-order valence-electron chi connectivity index (χ1n) is 5.80. The molecule has 1 aromatic heterocycles. The zero-order chi connectivity index (χ0) is 12.5. The number of aromatic nitrogens is 1. The van der Waals surface area contributed by atoms with Gasteiger partial charge in [-0.2, -0.15) is 0 Å². The van der Waals surface area contributed by atoms with Crippen LogP contribution >= 0.6 is 0 Å². The van der Waals surface area contributed by atoms with Gasteiger partial charge in [0, 0.05) is 12.6 Å². The van der Waals surface area contributed by atoms with Crippen molar-refractivity contribution in [3.8, 4) is 5.88 Å². The van der Waals surface area contributed by atoms with E-state index >= 15 is 0 Å². The third kappa shape index (κ3) is 5.19. The van der Waals surface area contributed by atoms with Crippen molar-refractivity contribution in [2.24, 2.45) is 10.7 Å². The minimum Gasteiger partial charge on any atom is -0.481 e. The number of nitrogens with two attached hydrogens (primary N) is 1. The van der Waals surface area contributed by atoms with E-state index in [0.717, 1.165) is 25.1 Å².